The maximum Gasteiger partial charge on any atom is 0.00836 e. The maximum absolute atomic E-state index is 6.99. The summed E-state index contributed by atoms with van der Waals surface area (Å²) in [4.78, 5) is 0. The monoisotopic (exact) mass is 115 g/mol. The molecule has 0 rings (SSSR count). The van der Waals surface area contributed by atoms with Crippen molar-refractivity contribution in [3.63, 3.8) is 0 Å². The van der Waals surface area contributed by atoms with Gasteiger partial charge in [-0.2, -0.15) is 0 Å². The van der Waals surface area contributed by atoms with E-state index < -0.39 is 0 Å². The lowest BCUT2D eigenvalue weighted by molar-refractivity contribution is 1.13. The Morgan fingerprint density at radius 1 is 1.12 bits per heavy atom. The van der Waals surface area contributed by atoms with Crippen LogP contribution in [0.1, 0.15) is 40.5 Å². The van der Waals surface area contributed by atoms with Gasteiger partial charge in [-0.15, -0.1) is 0 Å². The molecule has 0 aromatic rings. The van der Waals surface area contributed by atoms with Crippen LogP contribution in [0, 0.1) is 5.41 Å². The molecule has 0 spiro atoms. The van der Waals surface area contributed by atoms with Gasteiger partial charge in [0.1, 0.15) is 0 Å². The summed E-state index contributed by atoms with van der Waals surface area (Å²) in [5.41, 5.74) is 0.843. The summed E-state index contributed by atoms with van der Waals surface area (Å²) in [7, 11) is 0. The highest BCUT2D eigenvalue weighted by Gasteiger charge is 1.81. The Balaban J connectivity index is 0. The molecule has 1 heteroatoms. The number of nitrogens with one attached hydrogen (secondary N) is 1. The van der Waals surface area contributed by atoms with E-state index in [1.54, 1.807) is 0 Å². The second-order valence-electron chi connectivity index (χ2n) is 1.31. The first-order valence-electron chi connectivity index (χ1n) is 3.37. The van der Waals surface area contributed by atoms with Crippen LogP contribution in [0.2, 0.25) is 0 Å². The normalized spacial score (nSPS) is 7.00. The van der Waals surface area contributed by atoms with Crippen LogP contribution < -0.4 is 0 Å². The van der Waals surface area contributed by atoms with E-state index in [4.69, 9.17) is 5.41 Å². The van der Waals surface area contributed by atoms with Crippen LogP contribution in [0.15, 0.2) is 0 Å². The van der Waals surface area contributed by atoms with Crippen molar-refractivity contribution in [2.45, 2.75) is 40.5 Å². The maximum atomic E-state index is 6.99. The predicted molar refractivity (Wildman–Crippen MR) is 39.7 cm³/mol. The first-order valence-corrected chi connectivity index (χ1v) is 3.37. The van der Waals surface area contributed by atoms with Crippen LogP contribution in [-0.4, -0.2) is 5.71 Å². The number of hydrogen-bond acceptors (Lipinski definition) is 1. The highest BCUT2D eigenvalue weighted by Crippen LogP contribution is 1.84. The quantitative estimate of drug-likeness (QED) is 0.535. The van der Waals surface area contributed by atoms with Gasteiger partial charge in [-0.3, -0.25) is 0 Å². The summed E-state index contributed by atoms with van der Waals surface area (Å²) >= 11 is 0. The van der Waals surface area contributed by atoms with Crippen molar-refractivity contribution < 1.29 is 0 Å². The summed E-state index contributed by atoms with van der Waals surface area (Å²) in [6.07, 6.45) is 1.83. The smallest absolute Gasteiger partial charge is 0.00836 e. The van der Waals surface area contributed by atoms with Gasteiger partial charge in [0, 0.05) is 5.71 Å². The minimum Gasteiger partial charge on any atom is -0.310 e. The Morgan fingerprint density at radius 2 is 1.38 bits per heavy atom. The average molecular weight is 115 g/mol. The molecule has 0 aliphatic heterocycles. The fourth-order valence-corrected chi connectivity index (χ4v) is 0.250. The minimum absolute atomic E-state index is 0.843. The zero-order valence-electron chi connectivity index (χ0n) is 6.41. The third-order valence-corrected chi connectivity index (χ3v) is 0.854. The molecule has 8 heavy (non-hydrogen) atoms. The molecule has 0 amide bonds. The molecule has 0 saturated heterocycles. The predicted octanol–water partition coefficient (Wildman–Crippen LogP) is 2.85. The molecule has 0 heterocycles. The van der Waals surface area contributed by atoms with E-state index in [2.05, 4.69) is 0 Å². The van der Waals surface area contributed by atoms with Crippen molar-refractivity contribution in [3.8, 4) is 0 Å². The summed E-state index contributed by atoms with van der Waals surface area (Å²) < 4.78 is 0. The second kappa shape index (κ2) is 9.83. The molecule has 0 aliphatic rings. The van der Waals surface area contributed by atoms with E-state index in [1.165, 1.54) is 0 Å². The first kappa shape index (κ1) is 10.6. The third kappa shape index (κ3) is 9.18. The van der Waals surface area contributed by atoms with Gasteiger partial charge in [-0.1, -0.05) is 27.7 Å². The van der Waals surface area contributed by atoms with E-state index in [1.807, 2.05) is 27.7 Å². The van der Waals surface area contributed by atoms with Gasteiger partial charge in [-0.25, -0.2) is 0 Å². The number of hydrogen-bond donors (Lipinski definition) is 1. The van der Waals surface area contributed by atoms with E-state index in [-0.39, 0.29) is 0 Å². The van der Waals surface area contributed by atoms with Crippen molar-refractivity contribution in [3.05, 3.63) is 0 Å². The molecule has 0 aromatic carbocycles. The largest absolute Gasteiger partial charge is 0.310 e. The first-order chi connectivity index (χ1) is 3.81. The Kier molecular flexibility index (Phi) is 13.0. The van der Waals surface area contributed by atoms with Gasteiger partial charge >= 0.3 is 0 Å². The molecule has 0 unspecified atom stereocenters. The zero-order valence-corrected chi connectivity index (χ0v) is 6.41. The minimum atomic E-state index is 0.843. The SMILES string of the molecule is CC.CCC(=N)CC. The molecule has 1 N–H and O–H groups in total. The Labute approximate surface area is 52.6 Å². The summed E-state index contributed by atoms with van der Waals surface area (Å²) in [6, 6.07) is 0. The van der Waals surface area contributed by atoms with Crippen LogP contribution in [0.4, 0.5) is 0 Å². The lowest BCUT2D eigenvalue weighted by atomic mass is 10.2. The highest BCUT2D eigenvalue weighted by molar-refractivity contribution is 5.80. The molecule has 0 aromatic heterocycles. The molecule has 0 bridgehead atoms. The van der Waals surface area contributed by atoms with E-state index >= 15 is 0 Å². The third-order valence-electron chi connectivity index (χ3n) is 0.854. The Morgan fingerprint density at radius 3 is 1.38 bits per heavy atom. The summed E-state index contributed by atoms with van der Waals surface area (Å²) in [5, 5.41) is 6.99. The van der Waals surface area contributed by atoms with Gasteiger partial charge in [0.2, 0.25) is 0 Å². The van der Waals surface area contributed by atoms with E-state index in [0.29, 0.717) is 0 Å². The van der Waals surface area contributed by atoms with Gasteiger partial charge in [0.25, 0.3) is 0 Å². The standard InChI is InChI=1S/C5H11N.C2H6/c1-3-5(6)4-2;1-2/h6H,3-4H2,1-2H3;1-2H3. The molecule has 50 valence electrons. The van der Waals surface area contributed by atoms with Crippen molar-refractivity contribution in [2.24, 2.45) is 0 Å². The average Bonchev–Trinajstić information content (AvgIpc) is 1.91. The Bertz CT molecular complexity index is 42.3. The second-order valence-corrected chi connectivity index (χ2v) is 1.31. The summed E-state index contributed by atoms with van der Waals surface area (Å²) in [5.74, 6) is 0. The lowest BCUT2D eigenvalue weighted by Gasteiger charge is -1.86. The zero-order chi connectivity index (χ0) is 6.99. The van der Waals surface area contributed by atoms with Crippen molar-refractivity contribution >= 4 is 5.71 Å². The topological polar surface area (TPSA) is 23.9 Å². The van der Waals surface area contributed by atoms with Gasteiger partial charge in [0.05, 0.1) is 0 Å². The van der Waals surface area contributed by atoms with Gasteiger partial charge in [0.15, 0.2) is 0 Å². The van der Waals surface area contributed by atoms with Crippen LogP contribution in [0.5, 0.6) is 0 Å². The lowest BCUT2D eigenvalue weighted by Crippen LogP contribution is -1.86. The highest BCUT2D eigenvalue weighted by atomic mass is 14.4. The molecule has 1 nitrogen and oxygen atoms in total. The van der Waals surface area contributed by atoms with Crippen molar-refractivity contribution in [1.29, 1.82) is 5.41 Å². The fraction of sp³-hybridized carbons (Fsp3) is 0.857. The molecule has 0 aliphatic carbocycles. The molecular formula is C7H17N. The summed E-state index contributed by atoms with van der Waals surface area (Å²) in [6.45, 7) is 8.01. The van der Waals surface area contributed by atoms with Crippen LogP contribution >= 0.6 is 0 Å². The van der Waals surface area contributed by atoms with Crippen LogP contribution in [-0.2, 0) is 0 Å². The van der Waals surface area contributed by atoms with Crippen LogP contribution in [0.3, 0.4) is 0 Å². The molecular weight excluding hydrogens is 98.1 g/mol. The Hall–Kier alpha value is -0.330. The molecule has 0 saturated carbocycles. The van der Waals surface area contributed by atoms with Crippen molar-refractivity contribution in [1.82, 2.24) is 0 Å². The molecule has 0 atom stereocenters. The number of rotatable bonds is 2. The van der Waals surface area contributed by atoms with Crippen molar-refractivity contribution in [2.75, 3.05) is 0 Å². The van der Waals surface area contributed by atoms with E-state index in [9.17, 15) is 0 Å². The molecule has 0 fully saturated rings. The van der Waals surface area contributed by atoms with Crippen LogP contribution in [0.25, 0.3) is 0 Å². The fourth-order valence-electron chi connectivity index (χ4n) is 0.250. The van der Waals surface area contributed by atoms with E-state index in [0.717, 1.165) is 18.6 Å². The van der Waals surface area contributed by atoms with Gasteiger partial charge < -0.3 is 5.41 Å². The van der Waals surface area contributed by atoms with Gasteiger partial charge in [-0.05, 0) is 12.8 Å². The molecule has 0 radical (unpaired) electrons.